The van der Waals surface area contributed by atoms with Gasteiger partial charge in [-0.2, -0.15) is 0 Å². The molecule has 0 aromatic heterocycles. The van der Waals surface area contributed by atoms with E-state index in [0.717, 1.165) is 11.1 Å². The maximum atomic E-state index is 12.7. The van der Waals surface area contributed by atoms with Gasteiger partial charge < -0.3 is 4.74 Å². The van der Waals surface area contributed by atoms with Gasteiger partial charge in [0.1, 0.15) is 0 Å². The van der Waals surface area contributed by atoms with E-state index in [4.69, 9.17) is 4.74 Å². The van der Waals surface area contributed by atoms with E-state index in [2.05, 4.69) is 6.92 Å². The lowest BCUT2D eigenvalue weighted by Gasteiger charge is -2.14. The molecule has 0 bridgehead atoms. The predicted molar refractivity (Wildman–Crippen MR) is 102 cm³/mol. The van der Waals surface area contributed by atoms with Crippen LogP contribution in [0.4, 0.5) is 0 Å². The summed E-state index contributed by atoms with van der Waals surface area (Å²) in [5.74, 6) is -0.231. The van der Waals surface area contributed by atoms with Crippen molar-refractivity contribution in [2.24, 2.45) is 0 Å². The molecule has 3 aromatic rings. The molecule has 26 heavy (non-hydrogen) atoms. The summed E-state index contributed by atoms with van der Waals surface area (Å²) >= 11 is 0. The van der Waals surface area contributed by atoms with E-state index in [0.29, 0.717) is 16.7 Å². The Morgan fingerprint density at radius 1 is 0.731 bits per heavy atom. The van der Waals surface area contributed by atoms with Crippen LogP contribution in [-0.4, -0.2) is 18.9 Å². The van der Waals surface area contributed by atoms with E-state index in [1.807, 2.05) is 66.7 Å². The monoisotopic (exact) mass is 344 g/mol. The average Bonchev–Trinajstić information content (AvgIpc) is 2.73. The molecule has 0 radical (unpaired) electrons. The van der Waals surface area contributed by atoms with Crippen LogP contribution in [0.2, 0.25) is 0 Å². The van der Waals surface area contributed by atoms with E-state index in [9.17, 15) is 9.59 Å². The molecule has 0 saturated carbocycles. The summed E-state index contributed by atoms with van der Waals surface area (Å²) in [5.41, 5.74) is 4.00. The summed E-state index contributed by atoms with van der Waals surface area (Å²) in [7, 11) is 1.37. The lowest BCUT2D eigenvalue weighted by Crippen LogP contribution is -2.04. The minimum atomic E-state index is -0.348. The number of esters is 1. The fourth-order valence-electron chi connectivity index (χ4n) is 2.92. The third-order valence-corrected chi connectivity index (χ3v) is 4.52. The topological polar surface area (TPSA) is 43.4 Å². The second-order valence-corrected chi connectivity index (χ2v) is 6.16. The molecule has 1 atom stereocenters. The number of benzene rings is 3. The molecule has 0 saturated heterocycles. The lowest BCUT2D eigenvalue weighted by molar-refractivity contribution is 0.0600. The molecule has 0 aliphatic heterocycles. The second kappa shape index (κ2) is 7.79. The van der Waals surface area contributed by atoms with Crippen LogP contribution < -0.4 is 0 Å². The summed E-state index contributed by atoms with van der Waals surface area (Å²) in [5, 5.41) is 0. The zero-order valence-corrected chi connectivity index (χ0v) is 14.8. The first kappa shape index (κ1) is 17.6. The van der Waals surface area contributed by atoms with Crippen molar-refractivity contribution >= 4 is 11.8 Å². The minimum absolute atomic E-state index is 0.0145. The zero-order chi connectivity index (χ0) is 18.5. The Balaban J connectivity index is 1.85. The summed E-state index contributed by atoms with van der Waals surface area (Å²) in [4.78, 5) is 24.2. The maximum absolute atomic E-state index is 12.7. The van der Waals surface area contributed by atoms with Gasteiger partial charge in [0, 0.05) is 17.0 Å². The van der Waals surface area contributed by atoms with E-state index in [1.165, 1.54) is 7.11 Å². The molecular weight excluding hydrogens is 324 g/mol. The molecule has 0 N–H and O–H groups in total. The van der Waals surface area contributed by atoms with E-state index >= 15 is 0 Å². The zero-order valence-electron chi connectivity index (χ0n) is 14.8. The molecule has 3 heteroatoms. The second-order valence-electron chi connectivity index (χ2n) is 6.16. The minimum Gasteiger partial charge on any atom is -0.465 e. The third-order valence-electron chi connectivity index (χ3n) is 4.52. The van der Waals surface area contributed by atoms with Crippen molar-refractivity contribution < 1.29 is 14.3 Å². The SMILES string of the molecule is COC(=O)c1ccc(C(C)c2cccc(C(=O)c3ccccc3)c2)cc1. The van der Waals surface area contributed by atoms with Crippen molar-refractivity contribution in [1.82, 2.24) is 0 Å². The fourth-order valence-corrected chi connectivity index (χ4v) is 2.92. The molecule has 0 amide bonds. The molecule has 0 spiro atoms. The number of hydrogen-bond donors (Lipinski definition) is 0. The molecule has 130 valence electrons. The van der Waals surface area contributed by atoms with Crippen molar-refractivity contribution in [1.29, 1.82) is 0 Å². The van der Waals surface area contributed by atoms with Gasteiger partial charge in [-0.05, 0) is 29.3 Å². The summed E-state index contributed by atoms with van der Waals surface area (Å²) in [6.07, 6.45) is 0. The van der Waals surface area contributed by atoms with Crippen molar-refractivity contribution in [3.05, 3.63) is 107 Å². The van der Waals surface area contributed by atoms with Gasteiger partial charge in [0.05, 0.1) is 12.7 Å². The molecule has 3 aromatic carbocycles. The fraction of sp³-hybridized carbons (Fsp3) is 0.130. The number of hydrogen-bond acceptors (Lipinski definition) is 3. The number of carbonyl (C=O) groups is 2. The van der Waals surface area contributed by atoms with E-state index < -0.39 is 0 Å². The molecular formula is C23H20O3. The molecule has 1 unspecified atom stereocenters. The lowest BCUT2D eigenvalue weighted by atomic mass is 9.90. The van der Waals surface area contributed by atoms with Crippen LogP contribution in [0.5, 0.6) is 0 Å². The van der Waals surface area contributed by atoms with Crippen molar-refractivity contribution in [3.63, 3.8) is 0 Å². The first-order valence-electron chi connectivity index (χ1n) is 8.48. The van der Waals surface area contributed by atoms with Gasteiger partial charge in [0.15, 0.2) is 5.78 Å². The average molecular weight is 344 g/mol. The number of methoxy groups -OCH3 is 1. The highest BCUT2D eigenvalue weighted by Crippen LogP contribution is 2.26. The van der Waals surface area contributed by atoms with Crippen LogP contribution in [0.15, 0.2) is 78.9 Å². The quantitative estimate of drug-likeness (QED) is 0.490. The van der Waals surface area contributed by atoms with Crippen molar-refractivity contribution in [3.8, 4) is 0 Å². The van der Waals surface area contributed by atoms with E-state index in [1.54, 1.807) is 12.1 Å². The summed E-state index contributed by atoms with van der Waals surface area (Å²) < 4.78 is 4.73. The summed E-state index contributed by atoms with van der Waals surface area (Å²) in [6.45, 7) is 2.08. The Morgan fingerprint density at radius 3 is 2.04 bits per heavy atom. The standard InChI is InChI=1S/C23H20O3/c1-16(17-11-13-19(14-12-17)23(25)26-2)20-9-6-10-21(15-20)22(24)18-7-4-3-5-8-18/h3-16H,1-2H3. The van der Waals surface area contributed by atoms with Crippen LogP contribution in [0.25, 0.3) is 0 Å². The van der Waals surface area contributed by atoms with Crippen LogP contribution in [0, 0.1) is 0 Å². The highest BCUT2D eigenvalue weighted by atomic mass is 16.5. The molecule has 0 aliphatic carbocycles. The van der Waals surface area contributed by atoms with E-state index in [-0.39, 0.29) is 17.7 Å². The Hall–Kier alpha value is -3.20. The Morgan fingerprint density at radius 2 is 1.38 bits per heavy atom. The van der Waals surface area contributed by atoms with Gasteiger partial charge in [-0.15, -0.1) is 0 Å². The molecule has 3 nitrogen and oxygen atoms in total. The number of ketones is 1. The summed E-state index contributed by atoms with van der Waals surface area (Å²) in [6, 6.07) is 24.3. The Labute approximate surface area is 153 Å². The Bertz CT molecular complexity index is 912. The van der Waals surface area contributed by atoms with Crippen LogP contribution in [0.1, 0.15) is 50.2 Å². The highest BCUT2D eigenvalue weighted by Gasteiger charge is 2.14. The first-order valence-corrected chi connectivity index (χ1v) is 8.48. The normalized spacial score (nSPS) is 11.6. The predicted octanol–water partition coefficient (Wildman–Crippen LogP) is 4.86. The van der Waals surface area contributed by atoms with Gasteiger partial charge in [-0.3, -0.25) is 4.79 Å². The van der Waals surface area contributed by atoms with Gasteiger partial charge in [-0.25, -0.2) is 4.79 Å². The van der Waals surface area contributed by atoms with Gasteiger partial charge in [0.2, 0.25) is 0 Å². The molecule has 0 aliphatic rings. The van der Waals surface area contributed by atoms with Crippen molar-refractivity contribution in [2.75, 3.05) is 7.11 Å². The van der Waals surface area contributed by atoms with Crippen LogP contribution in [0.3, 0.4) is 0 Å². The van der Waals surface area contributed by atoms with Gasteiger partial charge in [0.25, 0.3) is 0 Å². The molecule has 0 fully saturated rings. The Kier molecular flexibility index (Phi) is 5.28. The highest BCUT2D eigenvalue weighted by molar-refractivity contribution is 6.09. The first-order chi connectivity index (χ1) is 12.6. The van der Waals surface area contributed by atoms with Crippen molar-refractivity contribution in [2.45, 2.75) is 12.8 Å². The largest absolute Gasteiger partial charge is 0.465 e. The third kappa shape index (κ3) is 3.72. The number of ether oxygens (including phenoxy) is 1. The molecule has 3 rings (SSSR count). The smallest absolute Gasteiger partial charge is 0.337 e. The van der Waals surface area contributed by atoms with Gasteiger partial charge in [-0.1, -0.05) is 67.6 Å². The van der Waals surface area contributed by atoms with Crippen LogP contribution >= 0.6 is 0 Å². The van der Waals surface area contributed by atoms with Crippen LogP contribution in [-0.2, 0) is 4.74 Å². The maximum Gasteiger partial charge on any atom is 0.337 e. The number of carbonyl (C=O) groups excluding carboxylic acids is 2. The molecule has 0 heterocycles. The van der Waals surface area contributed by atoms with Gasteiger partial charge >= 0.3 is 5.97 Å². The number of rotatable bonds is 5.